The minimum absolute atomic E-state index is 0.126. The third-order valence-electron chi connectivity index (χ3n) is 4.90. The molecule has 28 heavy (non-hydrogen) atoms. The van der Waals surface area contributed by atoms with Crippen LogP contribution in [0.15, 0.2) is 36.4 Å². The predicted octanol–water partition coefficient (Wildman–Crippen LogP) is 2.81. The van der Waals surface area contributed by atoms with E-state index in [9.17, 15) is 13.6 Å². The zero-order valence-corrected chi connectivity index (χ0v) is 15.3. The minimum atomic E-state index is -0.518. The summed E-state index contributed by atoms with van der Waals surface area (Å²) in [6.07, 6.45) is 0.581. The van der Waals surface area contributed by atoms with E-state index in [-0.39, 0.29) is 17.2 Å². The Hall–Kier alpha value is -3.13. The van der Waals surface area contributed by atoms with E-state index in [0.29, 0.717) is 37.3 Å². The van der Waals surface area contributed by atoms with Gasteiger partial charge >= 0.3 is 0 Å². The van der Waals surface area contributed by atoms with Gasteiger partial charge in [0.25, 0.3) is 5.91 Å². The molecule has 1 aliphatic heterocycles. The Kier molecular flexibility index (Phi) is 4.87. The van der Waals surface area contributed by atoms with Gasteiger partial charge in [0.15, 0.2) is 5.69 Å². The fourth-order valence-electron chi connectivity index (χ4n) is 3.29. The first kappa shape index (κ1) is 18.2. The van der Waals surface area contributed by atoms with Crippen molar-refractivity contribution in [2.75, 3.05) is 11.9 Å². The number of hydrogen-bond acceptors (Lipinski definition) is 4. The quantitative estimate of drug-likeness (QED) is 0.727. The van der Waals surface area contributed by atoms with Crippen LogP contribution in [-0.2, 0) is 19.5 Å². The van der Waals surface area contributed by atoms with Crippen LogP contribution < -0.4 is 10.6 Å². The van der Waals surface area contributed by atoms with Gasteiger partial charge in [-0.05, 0) is 54.8 Å². The van der Waals surface area contributed by atoms with Crippen molar-refractivity contribution in [3.8, 4) is 0 Å². The second-order valence-electron chi connectivity index (χ2n) is 6.75. The number of nitrogens with zero attached hydrogens (tertiary/aromatic N) is 3. The van der Waals surface area contributed by atoms with Crippen molar-refractivity contribution < 1.29 is 13.6 Å². The fraction of sp³-hybridized carbons (Fsp3) is 0.250. The van der Waals surface area contributed by atoms with Crippen LogP contribution in [0, 0.1) is 18.6 Å². The van der Waals surface area contributed by atoms with Crippen LogP contribution in [0.3, 0.4) is 0 Å². The number of anilines is 1. The summed E-state index contributed by atoms with van der Waals surface area (Å²) in [4.78, 5) is 12.6. The second kappa shape index (κ2) is 7.47. The average molecular weight is 383 g/mol. The van der Waals surface area contributed by atoms with Gasteiger partial charge in [-0.25, -0.2) is 13.5 Å². The maximum absolute atomic E-state index is 14.7. The molecule has 0 spiro atoms. The maximum Gasteiger partial charge on any atom is 0.278 e. The molecule has 0 bridgehead atoms. The van der Waals surface area contributed by atoms with Crippen molar-refractivity contribution in [3.63, 3.8) is 0 Å². The second-order valence-corrected chi connectivity index (χ2v) is 6.75. The molecule has 0 saturated heterocycles. The topological polar surface area (TPSA) is 71.8 Å². The van der Waals surface area contributed by atoms with Gasteiger partial charge in [0.05, 0.1) is 17.9 Å². The third kappa shape index (κ3) is 3.50. The number of aromatic nitrogens is 3. The number of fused-ring (bicyclic) bond motifs is 1. The predicted molar refractivity (Wildman–Crippen MR) is 100 cm³/mol. The zero-order chi connectivity index (χ0) is 19.7. The molecule has 0 fully saturated rings. The highest BCUT2D eigenvalue weighted by atomic mass is 19.1. The van der Waals surface area contributed by atoms with Crippen molar-refractivity contribution >= 4 is 11.6 Å². The number of carbonyl (C=O) groups is 1. The van der Waals surface area contributed by atoms with Gasteiger partial charge in [-0.2, -0.15) is 0 Å². The van der Waals surface area contributed by atoms with Crippen molar-refractivity contribution in [1.82, 2.24) is 20.3 Å². The van der Waals surface area contributed by atoms with Crippen LogP contribution in [0.25, 0.3) is 0 Å². The lowest BCUT2D eigenvalue weighted by atomic mass is 9.99. The molecular weight excluding hydrogens is 364 g/mol. The zero-order valence-electron chi connectivity index (χ0n) is 15.3. The molecule has 0 saturated carbocycles. The van der Waals surface area contributed by atoms with Crippen LogP contribution >= 0.6 is 0 Å². The van der Waals surface area contributed by atoms with Crippen LogP contribution in [0.5, 0.6) is 0 Å². The van der Waals surface area contributed by atoms with Crippen molar-refractivity contribution in [3.05, 3.63) is 76.1 Å². The van der Waals surface area contributed by atoms with Crippen molar-refractivity contribution in [2.45, 2.75) is 26.4 Å². The number of hydrogen-bond donors (Lipinski definition) is 2. The van der Waals surface area contributed by atoms with Gasteiger partial charge in [0, 0.05) is 6.54 Å². The molecule has 0 radical (unpaired) electrons. The molecule has 2 aromatic carbocycles. The Morgan fingerprint density at radius 3 is 2.79 bits per heavy atom. The highest BCUT2D eigenvalue weighted by molar-refractivity contribution is 6.03. The Balaban J connectivity index is 1.53. The molecule has 0 aliphatic carbocycles. The summed E-state index contributed by atoms with van der Waals surface area (Å²) < 4.78 is 29.3. The molecule has 1 aliphatic rings. The molecule has 6 nitrogen and oxygen atoms in total. The van der Waals surface area contributed by atoms with E-state index < -0.39 is 11.7 Å². The van der Waals surface area contributed by atoms with Gasteiger partial charge in [-0.15, -0.1) is 5.10 Å². The molecule has 144 valence electrons. The lowest BCUT2D eigenvalue weighted by Gasteiger charge is -2.19. The molecular formula is C20H19F2N5O. The summed E-state index contributed by atoms with van der Waals surface area (Å²) >= 11 is 0. The summed E-state index contributed by atoms with van der Waals surface area (Å²) in [5.74, 6) is -1.23. The molecule has 0 unspecified atom stereocenters. The smallest absolute Gasteiger partial charge is 0.278 e. The van der Waals surface area contributed by atoms with E-state index in [1.807, 2.05) is 6.07 Å². The summed E-state index contributed by atoms with van der Waals surface area (Å²) in [5.41, 5.74) is 3.18. The van der Waals surface area contributed by atoms with E-state index in [4.69, 9.17) is 0 Å². The van der Waals surface area contributed by atoms with Crippen molar-refractivity contribution in [2.24, 2.45) is 0 Å². The maximum atomic E-state index is 14.7. The monoisotopic (exact) mass is 383 g/mol. The first-order valence-corrected chi connectivity index (χ1v) is 9.00. The number of amides is 1. The van der Waals surface area contributed by atoms with Crippen molar-refractivity contribution in [1.29, 1.82) is 0 Å². The van der Waals surface area contributed by atoms with Gasteiger partial charge in [0.1, 0.15) is 11.6 Å². The number of benzene rings is 2. The molecule has 3 aromatic rings. The number of nitrogens with one attached hydrogen (secondary N) is 2. The minimum Gasteiger partial charge on any atom is -0.318 e. The van der Waals surface area contributed by atoms with Crippen LogP contribution in [0.4, 0.5) is 14.5 Å². The van der Waals surface area contributed by atoms with Crippen LogP contribution in [-0.4, -0.2) is 27.4 Å². The Bertz CT molecular complexity index is 1030. The molecule has 4 rings (SSSR count). The fourth-order valence-corrected chi connectivity index (χ4v) is 3.29. The summed E-state index contributed by atoms with van der Waals surface area (Å²) in [7, 11) is 0. The molecule has 1 amide bonds. The van der Waals surface area contributed by atoms with E-state index in [2.05, 4.69) is 20.9 Å². The standard InChI is InChI=1S/C20H19F2N5O/c1-12-19(25-26-27(12)11-13-2-5-15(21)6-3-13)20(28)24-17-7-4-14-10-23-9-8-16(14)18(17)22/h2-7,23H,8-11H2,1H3,(H,24,28). The average Bonchev–Trinajstić information content (AvgIpc) is 3.06. The number of carbonyl (C=O) groups excluding carboxylic acids is 1. The van der Waals surface area contributed by atoms with Gasteiger partial charge in [0.2, 0.25) is 0 Å². The first-order valence-electron chi connectivity index (χ1n) is 9.00. The summed E-state index contributed by atoms with van der Waals surface area (Å²) in [6.45, 7) is 3.40. The van der Waals surface area contributed by atoms with Gasteiger partial charge < -0.3 is 10.6 Å². The Labute approximate surface area is 160 Å². The highest BCUT2D eigenvalue weighted by Crippen LogP contribution is 2.25. The van der Waals surface area contributed by atoms with E-state index in [1.54, 1.807) is 29.8 Å². The normalized spacial score (nSPS) is 13.2. The molecule has 1 aromatic heterocycles. The Morgan fingerprint density at radius 1 is 1.21 bits per heavy atom. The molecule has 0 atom stereocenters. The van der Waals surface area contributed by atoms with Gasteiger partial charge in [-0.1, -0.05) is 23.4 Å². The first-order chi connectivity index (χ1) is 13.5. The van der Waals surface area contributed by atoms with E-state index >= 15 is 0 Å². The third-order valence-corrected chi connectivity index (χ3v) is 4.90. The molecule has 8 heteroatoms. The lowest BCUT2D eigenvalue weighted by Crippen LogP contribution is -2.25. The number of rotatable bonds is 4. The molecule has 2 heterocycles. The number of halogens is 2. The van der Waals surface area contributed by atoms with E-state index in [1.165, 1.54) is 12.1 Å². The highest BCUT2D eigenvalue weighted by Gasteiger charge is 2.21. The summed E-state index contributed by atoms with van der Waals surface area (Å²) in [6, 6.07) is 9.41. The lowest BCUT2D eigenvalue weighted by molar-refractivity contribution is 0.102. The largest absolute Gasteiger partial charge is 0.318 e. The molecule has 2 N–H and O–H groups in total. The Morgan fingerprint density at radius 2 is 2.00 bits per heavy atom. The van der Waals surface area contributed by atoms with Gasteiger partial charge in [-0.3, -0.25) is 4.79 Å². The SMILES string of the molecule is Cc1c(C(=O)Nc2ccc3c(c2F)CCNC3)nnn1Cc1ccc(F)cc1. The summed E-state index contributed by atoms with van der Waals surface area (Å²) in [5, 5.41) is 13.7. The van der Waals surface area contributed by atoms with E-state index in [0.717, 1.165) is 11.1 Å². The van der Waals surface area contributed by atoms with Crippen LogP contribution in [0.2, 0.25) is 0 Å². The van der Waals surface area contributed by atoms with Crippen LogP contribution in [0.1, 0.15) is 32.9 Å².